The fraction of sp³-hybridized carbons (Fsp3) is 0.600. The molecule has 2 N–H and O–H groups in total. The fourth-order valence-corrected chi connectivity index (χ4v) is 1.80. The Morgan fingerprint density at radius 2 is 2.33 bits per heavy atom. The van der Waals surface area contributed by atoms with Crippen molar-refractivity contribution in [2.75, 3.05) is 20.1 Å². The number of likely N-dealkylation sites (tertiary alicyclic amines) is 1. The quantitative estimate of drug-likeness (QED) is 0.731. The van der Waals surface area contributed by atoms with Crippen LogP contribution in [0.5, 0.6) is 0 Å². The summed E-state index contributed by atoms with van der Waals surface area (Å²) >= 11 is 0. The average molecular weight is 208 g/mol. The summed E-state index contributed by atoms with van der Waals surface area (Å²) in [6, 6.07) is 0.291. The lowest BCUT2D eigenvalue weighted by Gasteiger charge is -2.29. The second kappa shape index (κ2) is 4.44. The van der Waals surface area contributed by atoms with Gasteiger partial charge in [-0.2, -0.15) is 0 Å². The summed E-state index contributed by atoms with van der Waals surface area (Å²) in [4.78, 5) is 20.6. The number of piperidine rings is 1. The van der Waals surface area contributed by atoms with Crippen molar-refractivity contribution >= 4 is 5.91 Å². The van der Waals surface area contributed by atoms with Crippen LogP contribution in [0.1, 0.15) is 23.5 Å². The molecule has 1 saturated heterocycles. The molecule has 0 atom stereocenters. The topological polar surface area (TPSA) is 61.0 Å². The van der Waals surface area contributed by atoms with Gasteiger partial charge in [-0.3, -0.25) is 4.79 Å². The molecule has 1 aromatic rings. The molecule has 15 heavy (non-hydrogen) atoms. The molecular formula is C10H16N4O. The summed E-state index contributed by atoms with van der Waals surface area (Å²) in [5.74, 6) is 0.295. The molecule has 5 heteroatoms. The van der Waals surface area contributed by atoms with Crippen molar-refractivity contribution in [3.8, 4) is 0 Å². The highest BCUT2D eigenvalue weighted by Gasteiger charge is 2.19. The molecule has 1 aliphatic heterocycles. The number of amides is 1. The average Bonchev–Trinajstić information content (AvgIpc) is 2.74. The van der Waals surface area contributed by atoms with Crippen molar-refractivity contribution in [2.24, 2.45) is 0 Å². The van der Waals surface area contributed by atoms with Gasteiger partial charge in [-0.25, -0.2) is 4.98 Å². The second-order valence-corrected chi connectivity index (χ2v) is 3.99. The molecular weight excluding hydrogens is 192 g/mol. The minimum absolute atomic E-state index is 0.102. The predicted octanol–water partition coefficient (Wildman–Crippen LogP) is 0.234. The van der Waals surface area contributed by atoms with E-state index in [0.29, 0.717) is 11.9 Å². The highest BCUT2D eigenvalue weighted by molar-refractivity contribution is 5.90. The maximum atomic E-state index is 11.6. The lowest BCUT2D eigenvalue weighted by atomic mass is 10.1. The first kappa shape index (κ1) is 10.2. The summed E-state index contributed by atoms with van der Waals surface area (Å²) in [6.45, 7) is 2.09. The van der Waals surface area contributed by atoms with Crippen molar-refractivity contribution < 1.29 is 4.79 Å². The van der Waals surface area contributed by atoms with Gasteiger partial charge in [0.2, 0.25) is 0 Å². The molecule has 0 bridgehead atoms. The molecule has 0 radical (unpaired) electrons. The van der Waals surface area contributed by atoms with Crippen LogP contribution in [-0.2, 0) is 0 Å². The first-order chi connectivity index (χ1) is 7.25. The summed E-state index contributed by atoms with van der Waals surface area (Å²) in [7, 11) is 2.10. The van der Waals surface area contributed by atoms with E-state index >= 15 is 0 Å². The van der Waals surface area contributed by atoms with E-state index in [-0.39, 0.29) is 5.91 Å². The van der Waals surface area contributed by atoms with E-state index < -0.39 is 0 Å². The van der Waals surface area contributed by atoms with Crippen LogP contribution in [0, 0.1) is 0 Å². The monoisotopic (exact) mass is 208 g/mol. The summed E-state index contributed by atoms with van der Waals surface area (Å²) in [6.07, 6.45) is 5.28. The van der Waals surface area contributed by atoms with Gasteiger partial charge < -0.3 is 15.2 Å². The molecule has 1 fully saturated rings. The van der Waals surface area contributed by atoms with Crippen LogP contribution in [0.25, 0.3) is 0 Å². The zero-order chi connectivity index (χ0) is 10.7. The third-order valence-electron chi connectivity index (χ3n) is 2.77. The maximum absolute atomic E-state index is 11.6. The molecule has 0 unspecified atom stereocenters. The molecule has 5 nitrogen and oxygen atoms in total. The third kappa shape index (κ3) is 2.56. The Balaban J connectivity index is 1.85. The Bertz CT molecular complexity index is 314. The number of hydrogen-bond acceptors (Lipinski definition) is 3. The number of H-pyrrole nitrogens is 1. The van der Waals surface area contributed by atoms with E-state index in [1.807, 2.05) is 0 Å². The van der Waals surface area contributed by atoms with E-state index in [2.05, 4.69) is 27.2 Å². The highest BCUT2D eigenvalue weighted by Crippen LogP contribution is 2.08. The molecule has 1 aromatic heterocycles. The number of hydrogen-bond donors (Lipinski definition) is 2. The number of aromatic amines is 1. The van der Waals surface area contributed by atoms with Crippen LogP contribution < -0.4 is 5.32 Å². The molecule has 1 amide bonds. The molecule has 0 saturated carbocycles. The van der Waals surface area contributed by atoms with E-state index in [1.54, 1.807) is 12.4 Å². The number of nitrogens with zero attached hydrogens (tertiary/aromatic N) is 2. The van der Waals surface area contributed by atoms with E-state index in [9.17, 15) is 4.79 Å². The minimum Gasteiger partial charge on any atom is -0.347 e. The number of carbonyl (C=O) groups excluding carboxylic acids is 1. The number of nitrogens with one attached hydrogen (secondary N) is 2. The standard InChI is InChI=1S/C10H16N4O/c1-14-6-2-8(3-7-14)13-10(15)9-11-4-5-12-9/h4-5,8H,2-3,6-7H2,1H3,(H,11,12)(H,13,15). The summed E-state index contributed by atoms with van der Waals surface area (Å²) < 4.78 is 0. The molecule has 0 spiro atoms. The molecule has 1 aliphatic rings. The van der Waals surface area contributed by atoms with Gasteiger partial charge in [0.05, 0.1) is 0 Å². The molecule has 2 heterocycles. The maximum Gasteiger partial charge on any atom is 0.287 e. The Morgan fingerprint density at radius 3 is 2.93 bits per heavy atom. The van der Waals surface area contributed by atoms with Crippen LogP contribution >= 0.6 is 0 Å². The van der Waals surface area contributed by atoms with E-state index in [4.69, 9.17) is 0 Å². The van der Waals surface area contributed by atoms with Crippen LogP contribution in [0.15, 0.2) is 12.4 Å². The van der Waals surface area contributed by atoms with Gasteiger partial charge >= 0.3 is 0 Å². The van der Waals surface area contributed by atoms with Gasteiger partial charge in [-0.15, -0.1) is 0 Å². The zero-order valence-corrected chi connectivity index (χ0v) is 8.86. The van der Waals surface area contributed by atoms with Gasteiger partial charge in [0.25, 0.3) is 5.91 Å². The Kier molecular flexibility index (Phi) is 3.01. The van der Waals surface area contributed by atoms with Gasteiger partial charge in [-0.05, 0) is 33.0 Å². The zero-order valence-electron chi connectivity index (χ0n) is 8.86. The largest absolute Gasteiger partial charge is 0.347 e. The normalized spacial score (nSPS) is 19.0. The SMILES string of the molecule is CN1CCC(NC(=O)c2ncc[nH]2)CC1. The molecule has 0 aromatic carbocycles. The van der Waals surface area contributed by atoms with Crippen molar-refractivity contribution in [1.29, 1.82) is 0 Å². The number of imidazole rings is 1. The second-order valence-electron chi connectivity index (χ2n) is 3.99. The van der Waals surface area contributed by atoms with Gasteiger partial charge in [0.1, 0.15) is 0 Å². The van der Waals surface area contributed by atoms with Gasteiger partial charge in [-0.1, -0.05) is 0 Å². The Labute approximate surface area is 88.9 Å². The lowest BCUT2D eigenvalue weighted by Crippen LogP contribution is -2.43. The highest BCUT2D eigenvalue weighted by atomic mass is 16.2. The Hall–Kier alpha value is -1.36. The van der Waals surface area contributed by atoms with Gasteiger partial charge in [0, 0.05) is 18.4 Å². The van der Waals surface area contributed by atoms with Gasteiger partial charge in [0.15, 0.2) is 5.82 Å². The van der Waals surface area contributed by atoms with Crippen LogP contribution in [0.2, 0.25) is 0 Å². The minimum atomic E-state index is -0.102. The van der Waals surface area contributed by atoms with Crippen molar-refractivity contribution in [3.63, 3.8) is 0 Å². The van der Waals surface area contributed by atoms with Crippen molar-refractivity contribution in [2.45, 2.75) is 18.9 Å². The number of aromatic nitrogens is 2. The molecule has 0 aliphatic carbocycles. The van der Waals surface area contributed by atoms with Crippen molar-refractivity contribution in [3.05, 3.63) is 18.2 Å². The van der Waals surface area contributed by atoms with E-state index in [0.717, 1.165) is 25.9 Å². The van der Waals surface area contributed by atoms with E-state index in [1.165, 1.54) is 0 Å². The molecule has 2 rings (SSSR count). The Morgan fingerprint density at radius 1 is 1.60 bits per heavy atom. The first-order valence-electron chi connectivity index (χ1n) is 5.24. The number of rotatable bonds is 2. The van der Waals surface area contributed by atoms with Crippen LogP contribution in [0.4, 0.5) is 0 Å². The van der Waals surface area contributed by atoms with Crippen LogP contribution in [0.3, 0.4) is 0 Å². The molecule has 82 valence electrons. The third-order valence-corrected chi connectivity index (χ3v) is 2.77. The summed E-state index contributed by atoms with van der Waals surface area (Å²) in [5.41, 5.74) is 0. The number of carbonyl (C=O) groups is 1. The first-order valence-corrected chi connectivity index (χ1v) is 5.24. The lowest BCUT2D eigenvalue weighted by molar-refractivity contribution is 0.0907. The van der Waals surface area contributed by atoms with Crippen LogP contribution in [-0.4, -0.2) is 47.0 Å². The fourth-order valence-electron chi connectivity index (χ4n) is 1.80. The van der Waals surface area contributed by atoms with Crippen molar-refractivity contribution in [1.82, 2.24) is 20.2 Å². The predicted molar refractivity (Wildman–Crippen MR) is 56.6 cm³/mol. The smallest absolute Gasteiger partial charge is 0.287 e. The summed E-state index contributed by atoms with van der Waals surface area (Å²) in [5, 5.41) is 2.98.